The molecule has 0 saturated heterocycles. The average molecular weight is 332 g/mol. The van der Waals surface area contributed by atoms with Crippen molar-refractivity contribution in [2.75, 3.05) is 34.4 Å². The van der Waals surface area contributed by atoms with Crippen LogP contribution in [-0.2, 0) is 4.79 Å². The second-order valence-corrected chi connectivity index (χ2v) is 6.16. The molecule has 132 valence electrons. The van der Waals surface area contributed by atoms with Crippen LogP contribution in [-0.4, -0.2) is 51.2 Å². The molecule has 1 aromatic rings. The summed E-state index contributed by atoms with van der Waals surface area (Å²) in [5.74, 6) is 1.25. The molecule has 0 bridgehead atoms. The number of nitrogens with one attached hydrogen (secondary N) is 1. The summed E-state index contributed by atoms with van der Waals surface area (Å²) >= 11 is 0. The fourth-order valence-electron chi connectivity index (χ4n) is 3.07. The van der Waals surface area contributed by atoms with Gasteiger partial charge in [0.05, 0.1) is 14.2 Å². The summed E-state index contributed by atoms with van der Waals surface area (Å²) in [5.41, 5.74) is 0.894. The Hall–Kier alpha value is -2.01. The van der Waals surface area contributed by atoms with Crippen molar-refractivity contribution in [2.45, 2.75) is 31.7 Å². The number of benzene rings is 1. The van der Waals surface area contributed by atoms with E-state index in [9.17, 15) is 4.79 Å². The van der Waals surface area contributed by atoms with Crippen molar-refractivity contribution < 1.29 is 14.3 Å². The molecule has 0 aromatic heterocycles. The van der Waals surface area contributed by atoms with Crippen molar-refractivity contribution >= 4 is 12.0 Å². The van der Waals surface area contributed by atoms with Gasteiger partial charge in [0, 0.05) is 25.2 Å². The van der Waals surface area contributed by atoms with E-state index in [-0.39, 0.29) is 5.91 Å². The molecule has 0 atom stereocenters. The first-order valence-corrected chi connectivity index (χ1v) is 8.52. The van der Waals surface area contributed by atoms with Crippen LogP contribution in [0.2, 0.25) is 0 Å². The summed E-state index contributed by atoms with van der Waals surface area (Å²) in [6, 6.07) is 6.24. The maximum absolute atomic E-state index is 11.9. The van der Waals surface area contributed by atoms with E-state index in [0.717, 1.165) is 12.1 Å². The van der Waals surface area contributed by atoms with Gasteiger partial charge in [-0.05, 0) is 43.7 Å². The molecular weight excluding hydrogens is 304 g/mol. The minimum atomic E-state index is -0.0791. The molecule has 5 heteroatoms. The van der Waals surface area contributed by atoms with Crippen LogP contribution in [0.1, 0.15) is 31.2 Å². The van der Waals surface area contributed by atoms with Crippen molar-refractivity contribution in [1.29, 1.82) is 0 Å². The summed E-state index contributed by atoms with van der Waals surface area (Å²) in [6.45, 7) is 1.56. The average Bonchev–Trinajstić information content (AvgIpc) is 3.14. The van der Waals surface area contributed by atoms with Crippen molar-refractivity contribution in [1.82, 2.24) is 10.2 Å². The highest BCUT2D eigenvalue weighted by Gasteiger charge is 2.18. The Morgan fingerprint density at radius 2 is 1.96 bits per heavy atom. The summed E-state index contributed by atoms with van der Waals surface area (Å²) < 4.78 is 10.5. The van der Waals surface area contributed by atoms with Gasteiger partial charge < -0.3 is 19.7 Å². The second-order valence-electron chi connectivity index (χ2n) is 6.16. The van der Waals surface area contributed by atoms with Crippen molar-refractivity contribution in [3.63, 3.8) is 0 Å². The molecule has 0 unspecified atom stereocenters. The number of likely N-dealkylation sites (N-methyl/N-ethyl adjacent to an activating group) is 1. The zero-order chi connectivity index (χ0) is 17.4. The van der Waals surface area contributed by atoms with E-state index in [1.165, 1.54) is 25.7 Å². The lowest BCUT2D eigenvalue weighted by atomic mass is 10.2. The number of methoxy groups -OCH3 is 2. The summed E-state index contributed by atoms with van der Waals surface area (Å²) in [5, 5.41) is 2.94. The van der Waals surface area contributed by atoms with Crippen LogP contribution in [0.15, 0.2) is 24.3 Å². The van der Waals surface area contributed by atoms with Crippen molar-refractivity contribution in [3.8, 4) is 11.5 Å². The fourth-order valence-corrected chi connectivity index (χ4v) is 3.07. The van der Waals surface area contributed by atoms with Crippen LogP contribution >= 0.6 is 0 Å². The molecule has 24 heavy (non-hydrogen) atoms. The molecule has 1 aliphatic rings. The van der Waals surface area contributed by atoms with E-state index < -0.39 is 0 Å². The van der Waals surface area contributed by atoms with Crippen LogP contribution in [0.25, 0.3) is 6.08 Å². The third-order valence-corrected chi connectivity index (χ3v) is 4.55. The number of carbonyl (C=O) groups is 1. The van der Waals surface area contributed by atoms with Crippen LogP contribution in [0.5, 0.6) is 11.5 Å². The molecular formula is C19H28N2O3. The monoisotopic (exact) mass is 332 g/mol. The van der Waals surface area contributed by atoms with Gasteiger partial charge in [0.2, 0.25) is 5.91 Å². The summed E-state index contributed by atoms with van der Waals surface area (Å²) in [7, 11) is 5.34. The molecule has 0 aliphatic heterocycles. The van der Waals surface area contributed by atoms with E-state index >= 15 is 0 Å². The largest absolute Gasteiger partial charge is 0.493 e. The molecule has 1 aliphatic carbocycles. The smallest absolute Gasteiger partial charge is 0.244 e. The van der Waals surface area contributed by atoms with Crippen molar-refractivity contribution in [3.05, 3.63) is 29.8 Å². The Morgan fingerprint density at radius 1 is 1.25 bits per heavy atom. The van der Waals surface area contributed by atoms with E-state index in [4.69, 9.17) is 9.47 Å². The molecule has 1 fully saturated rings. The topological polar surface area (TPSA) is 50.8 Å². The predicted octanol–water partition coefficient (Wildman–Crippen LogP) is 2.71. The van der Waals surface area contributed by atoms with Crippen molar-refractivity contribution in [2.24, 2.45) is 0 Å². The Bertz CT molecular complexity index is 566. The Kier molecular flexibility index (Phi) is 7.12. The molecule has 1 N–H and O–H groups in total. The number of ether oxygens (including phenoxy) is 2. The van der Waals surface area contributed by atoms with Gasteiger partial charge in [-0.15, -0.1) is 0 Å². The lowest BCUT2D eigenvalue weighted by Crippen LogP contribution is -2.36. The van der Waals surface area contributed by atoms with Gasteiger partial charge in [0.1, 0.15) is 0 Å². The van der Waals surface area contributed by atoms with Gasteiger partial charge in [-0.1, -0.05) is 18.9 Å². The minimum Gasteiger partial charge on any atom is -0.493 e. The second kappa shape index (κ2) is 9.33. The molecule has 1 aromatic carbocycles. The third-order valence-electron chi connectivity index (χ3n) is 4.55. The molecule has 1 saturated carbocycles. The lowest BCUT2D eigenvalue weighted by molar-refractivity contribution is -0.116. The van der Waals surface area contributed by atoms with E-state index in [1.807, 2.05) is 18.2 Å². The van der Waals surface area contributed by atoms with E-state index in [1.54, 1.807) is 26.4 Å². The number of nitrogens with zero attached hydrogens (tertiary/aromatic N) is 1. The Morgan fingerprint density at radius 3 is 2.62 bits per heavy atom. The normalized spacial score (nSPS) is 15.2. The first-order chi connectivity index (χ1) is 11.6. The van der Waals surface area contributed by atoms with Gasteiger partial charge >= 0.3 is 0 Å². The van der Waals surface area contributed by atoms with E-state index in [0.29, 0.717) is 24.1 Å². The molecule has 0 radical (unpaired) electrons. The molecule has 1 amide bonds. The number of hydrogen-bond acceptors (Lipinski definition) is 4. The standard InChI is InChI=1S/C19H28N2O3/c1-21(16-6-4-5-7-16)13-12-20-19(22)11-9-15-8-10-17(23-2)18(14-15)24-3/h8-11,14,16H,4-7,12-13H2,1-3H3,(H,20,22)/b11-9+. The van der Waals surface area contributed by atoms with Gasteiger partial charge in [0.15, 0.2) is 11.5 Å². The van der Waals surface area contributed by atoms with Crippen LogP contribution in [0.3, 0.4) is 0 Å². The van der Waals surface area contributed by atoms with Crippen LogP contribution in [0.4, 0.5) is 0 Å². The zero-order valence-electron chi connectivity index (χ0n) is 14.9. The minimum absolute atomic E-state index is 0.0791. The first-order valence-electron chi connectivity index (χ1n) is 8.52. The molecule has 0 heterocycles. The number of rotatable bonds is 8. The predicted molar refractivity (Wildman–Crippen MR) is 96.5 cm³/mol. The van der Waals surface area contributed by atoms with Gasteiger partial charge in [0.25, 0.3) is 0 Å². The number of carbonyl (C=O) groups excluding carboxylic acids is 1. The quantitative estimate of drug-likeness (QED) is 0.744. The Labute approximate surface area is 144 Å². The lowest BCUT2D eigenvalue weighted by Gasteiger charge is -2.23. The zero-order valence-corrected chi connectivity index (χ0v) is 14.9. The van der Waals surface area contributed by atoms with Crippen LogP contribution < -0.4 is 14.8 Å². The maximum atomic E-state index is 11.9. The fraction of sp³-hybridized carbons (Fsp3) is 0.526. The molecule has 5 nitrogen and oxygen atoms in total. The maximum Gasteiger partial charge on any atom is 0.244 e. The first kappa shape index (κ1) is 18.3. The molecule has 2 rings (SSSR count). The Balaban J connectivity index is 1.78. The van der Waals surface area contributed by atoms with Gasteiger partial charge in [-0.25, -0.2) is 0 Å². The SMILES string of the molecule is COc1ccc(/C=C/C(=O)NCCN(C)C2CCCC2)cc1OC. The van der Waals surface area contributed by atoms with Gasteiger partial charge in [-0.2, -0.15) is 0 Å². The highest BCUT2D eigenvalue weighted by atomic mass is 16.5. The highest BCUT2D eigenvalue weighted by Crippen LogP contribution is 2.27. The molecule has 0 spiro atoms. The third kappa shape index (κ3) is 5.27. The number of amides is 1. The summed E-state index contributed by atoms with van der Waals surface area (Å²) in [6.07, 6.45) is 8.55. The number of hydrogen-bond donors (Lipinski definition) is 1. The van der Waals surface area contributed by atoms with Crippen LogP contribution in [0, 0.1) is 0 Å². The summed E-state index contributed by atoms with van der Waals surface area (Å²) in [4.78, 5) is 14.3. The van der Waals surface area contributed by atoms with Gasteiger partial charge in [-0.3, -0.25) is 4.79 Å². The van der Waals surface area contributed by atoms with E-state index in [2.05, 4.69) is 17.3 Å². The highest BCUT2D eigenvalue weighted by molar-refractivity contribution is 5.91.